The maximum Gasteiger partial charge on any atom is 0.105 e. The van der Waals surface area contributed by atoms with Crippen LogP contribution in [0.15, 0.2) is 0 Å². The molecule has 1 unspecified atom stereocenters. The van der Waals surface area contributed by atoms with Gasteiger partial charge in [0.05, 0.1) is 19.3 Å². The van der Waals surface area contributed by atoms with Crippen molar-refractivity contribution in [3.63, 3.8) is 0 Å². The lowest BCUT2D eigenvalue weighted by Crippen LogP contribution is -2.12. The van der Waals surface area contributed by atoms with Gasteiger partial charge >= 0.3 is 0 Å². The van der Waals surface area contributed by atoms with Gasteiger partial charge in [-0.1, -0.05) is 13.3 Å². The van der Waals surface area contributed by atoms with Crippen molar-refractivity contribution in [1.82, 2.24) is 0 Å². The topological polar surface area (TPSA) is 79.2 Å². The van der Waals surface area contributed by atoms with Crippen molar-refractivity contribution in [3.8, 4) is 0 Å². The van der Waals surface area contributed by atoms with Crippen molar-refractivity contribution in [2.45, 2.75) is 32.8 Å². The molecule has 0 spiro atoms. The average molecular weight is 210 g/mol. The predicted molar refractivity (Wildman–Crippen MR) is 53.1 cm³/mol. The van der Waals surface area contributed by atoms with Crippen LogP contribution in [0.5, 0.6) is 0 Å². The van der Waals surface area contributed by atoms with Gasteiger partial charge < -0.3 is 14.9 Å². The van der Waals surface area contributed by atoms with Crippen LogP contribution in [0, 0.1) is 0 Å². The van der Waals surface area contributed by atoms with Crippen molar-refractivity contribution in [3.05, 3.63) is 0 Å². The standard InChI is InChI=1S/C5H12O4.C4H10O/c1-5(6)4-8-2-3-9-7;1-2-3-4-5/h5-7H,2-4H2,1H3;5H,2-4H2,1H3. The molecule has 0 fully saturated rings. The first-order valence-electron chi connectivity index (χ1n) is 4.82. The van der Waals surface area contributed by atoms with Gasteiger partial charge in [-0.2, -0.15) is 0 Å². The lowest BCUT2D eigenvalue weighted by molar-refractivity contribution is -0.249. The Bertz CT molecular complexity index is 85.3. The Morgan fingerprint density at radius 2 is 1.93 bits per heavy atom. The first-order valence-corrected chi connectivity index (χ1v) is 4.82. The highest BCUT2D eigenvalue weighted by atomic mass is 17.1. The molecule has 5 nitrogen and oxygen atoms in total. The Kier molecular flexibility index (Phi) is 17.7. The number of aliphatic hydroxyl groups is 2. The van der Waals surface area contributed by atoms with Gasteiger partial charge in [0.1, 0.15) is 6.61 Å². The summed E-state index contributed by atoms with van der Waals surface area (Å²) in [4.78, 5) is 3.72. The molecule has 0 aromatic carbocycles. The van der Waals surface area contributed by atoms with Crippen LogP contribution in [0.4, 0.5) is 0 Å². The van der Waals surface area contributed by atoms with E-state index in [1.807, 2.05) is 0 Å². The molecule has 0 amide bonds. The largest absolute Gasteiger partial charge is 0.396 e. The molecule has 0 aliphatic carbocycles. The molecule has 1 atom stereocenters. The van der Waals surface area contributed by atoms with Crippen LogP contribution in [0.2, 0.25) is 0 Å². The van der Waals surface area contributed by atoms with Crippen LogP contribution < -0.4 is 0 Å². The van der Waals surface area contributed by atoms with Gasteiger partial charge in [-0.15, -0.1) is 0 Å². The van der Waals surface area contributed by atoms with E-state index in [0.717, 1.165) is 12.8 Å². The second kappa shape index (κ2) is 15.3. The van der Waals surface area contributed by atoms with Gasteiger partial charge in [-0.3, -0.25) is 5.26 Å². The predicted octanol–water partition coefficient (Wildman–Crippen LogP) is 0.652. The van der Waals surface area contributed by atoms with Crippen LogP contribution >= 0.6 is 0 Å². The maximum atomic E-state index is 8.62. The minimum absolute atomic E-state index is 0.146. The van der Waals surface area contributed by atoms with Crippen LogP contribution in [0.25, 0.3) is 0 Å². The number of hydrogen-bond acceptors (Lipinski definition) is 5. The molecule has 0 saturated carbocycles. The fraction of sp³-hybridized carbons (Fsp3) is 1.00. The average Bonchev–Trinajstić information content (AvgIpc) is 2.15. The molecule has 0 radical (unpaired) electrons. The van der Waals surface area contributed by atoms with E-state index in [2.05, 4.69) is 11.8 Å². The van der Waals surface area contributed by atoms with E-state index in [9.17, 15) is 0 Å². The summed E-state index contributed by atoms with van der Waals surface area (Å²) in [6, 6.07) is 0. The molecule has 0 rings (SSSR count). The zero-order valence-corrected chi connectivity index (χ0v) is 8.98. The maximum absolute atomic E-state index is 8.62. The summed E-state index contributed by atoms with van der Waals surface area (Å²) in [6.45, 7) is 4.75. The van der Waals surface area contributed by atoms with E-state index < -0.39 is 6.10 Å². The van der Waals surface area contributed by atoms with Gasteiger partial charge in [-0.05, 0) is 13.3 Å². The molecule has 0 aromatic rings. The normalized spacial score (nSPS) is 11.8. The molecule has 88 valence electrons. The van der Waals surface area contributed by atoms with Crippen molar-refractivity contribution in [2.24, 2.45) is 0 Å². The second-order valence-electron chi connectivity index (χ2n) is 2.83. The van der Waals surface area contributed by atoms with Gasteiger partial charge in [0.25, 0.3) is 0 Å². The second-order valence-corrected chi connectivity index (χ2v) is 2.83. The third-order valence-corrected chi connectivity index (χ3v) is 1.19. The summed E-state index contributed by atoms with van der Waals surface area (Å²) in [7, 11) is 0. The van der Waals surface area contributed by atoms with Crippen LogP contribution in [-0.2, 0) is 9.62 Å². The van der Waals surface area contributed by atoms with E-state index >= 15 is 0 Å². The molecule has 14 heavy (non-hydrogen) atoms. The zero-order chi connectivity index (χ0) is 11.2. The molecule has 0 aliphatic rings. The van der Waals surface area contributed by atoms with Crippen molar-refractivity contribution < 1.29 is 25.1 Å². The summed E-state index contributed by atoms with van der Waals surface area (Å²) >= 11 is 0. The Labute approximate surface area is 85.2 Å². The van der Waals surface area contributed by atoms with Crippen LogP contribution in [0.3, 0.4) is 0 Å². The zero-order valence-electron chi connectivity index (χ0n) is 8.98. The summed E-state index contributed by atoms with van der Waals surface area (Å²) in [5.41, 5.74) is 0. The number of aliphatic hydroxyl groups excluding tert-OH is 2. The number of ether oxygens (including phenoxy) is 1. The Morgan fingerprint density at radius 1 is 1.29 bits per heavy atom. The highest BCUT2D eigenvalue weighted by Gasteiger charge is 1.93. The van der Waals surface area contributed by atoms with Crippen molar-refractivity contribution >= 4 is 0 Å². The van der Waals surface area contributed by atoms with Gasteiger partial charge in [-0.25, -0.2) is 4.89 Å². The lowest BCUT2D eigenvalue weighted by Gasteiger charge is -2.03. The third-order valence-electron chi connectivity index (χ3n) is 1.19. The molecular weight excluding hydrogens is 188 g/mol. The molecule has 3 N–H and O–H groups in total. The molecule has 0 aliphatic heterocycles. The molecule has 0 bridgehead atoms. The van der Waals surface area contributed by atoms with Crippen molar-refractivity contribution in [1.29, 1.82) is 0 Å². The molecule has 5 heteroatoms. The van der Waals surface area contributed by atoms with Crippen LogP contribution in [-0.4, -0.2) is 48.0 Å². The van der Waals surface area contributed by atoms with Gasteiger partial charge in [0.2, 0.25) is 0 Å². The summed E-state index contributed by atoms with van der Waals surface area (Å²) in [5.74, 6) is 0. The first-order chi connectivity index (χ1) is 6.68. The Hall–Kier alpha value is -0.200. The smallest absolute Gasteiger partial charge is 0.105 e. The third kappa shape index (κ3) is 22.6. The number of unbranched alkanes of at least 4 members (excludes halogenated alkanes) is 1. The molecule has 0 saturated heterocycles. The Morgan fingerprint density at radius 3 is 2.21 bits per heavy atom. The molecule has 0 heterocycles. The van der Waals surface area contributed by atoms with Crippen molar-refractivity contribution in [2.75, 3.05) is 26.4 Å². The Balaban J connectivity index is 0. The summed E-state index contributed by atoms with van der Waals surface area (Å²) < 4.78 is 4.80. The summed E-state index contributed by atoms with van der Waals surface area (Å²) in [6.07, 6.45) is 1.58. The SMILES string of the molecule is CC(O)COCCOO.CCCCO. The number of rotatable bonds is 7. The van der Waals surface area contributed by atoms with Gasteiger partial charge in [0, 0.05) is 6.61 Å². The lowest BCUT2D eigenvalue weighted by atomic mass is 10.4. The van der Waals surface area contributed by atoms with E-state index in [0.29, 0.717) is 13.2 Å². The minimum atomic E-state index is -0.455. The van der Waals surface area contributed by atoms with Crippen LogP contribution in [0.1, 0.15) is 26.7 Å². The quantitative estimate of drug-likeness (QED) is 0.327. The first kappa shape index (κ1) is 16.2. The minimum Gasteiger partial charge on any atom is -0.396 e. The molecule has 0 aromatic heterocycles. The monoisotopic (exact) mass is 210 g/mol. The number of hydrogen-bond donors (Lipinski definition) is 3. The molecular formula is C9H22O5. The summed E-state index contributed by atoms with van der Waals surface area (Å²) in [5, 5.41) is 24.5. The fourth-order valence-corrected chi connectivity index (χ4v) is 0.508. The van der Waals surface area contributed by atoms with E-state index in [4.69, 9.17) is 20.2 Å². The highest BCUT2D eigenvalue weighted by Crippen LogP contribution is 1.81. The highest BCUT2D eigenvalue weighted by molar-refractivity contribution is 4.39. The fourth-order valence-electron chi connectivity index (χ4n) is 0.508. The van der Waals surface area contributed by atoms with E-state index in [-0.39, 0.29) is 13.2 Å². The van der Waals surface area contributed by atoms with E-state index in [1.54, 1.807) is 6.92 Å². The van der Waals surface area contributed by atoms with E-state index in [1.165, 1.54) is 0 Å². The van der Waals surface area contributed by atoms with Gasteiger partial charge in [0.15, 0.2) is 0 Å².